The van der Waals surface area contributed by atoms with E-state index in [9.17, 15) is 0 Å². The van der Waals surface area contributed by atoms with Gasteiger partial charge in [-0.1, -0.05) is 12.1 Å². The fourth-order valence-electron chi connectivity index (χ4n) is 2.34. The van der Waals surface area contributed by atoms with Crippen molar-refractivity contribution in [3.63, 3.8) is 0 Å². The highest BCUT2D eigenvalue weighted by Crippen LogP contribution is 2.41. The van der Waals surface area contributed by atoms with Gasteiger partial charge in [0.2, 0.25) is 0 Å². The van der Waals surface area contributed by atoms with Gasteiger partial charge in [-0.3, -0.25) is 0 Å². The summed E-state index contributed by atoms with van der Waals surface area (Å²) in [6, 6.07) is 8.62. The van der Waals surface area contributed by atoms with Crippen molar-refractivity contribution in [2.45, 2.75) is 19.4 Å². The third-order valence-corrected chi connectivity index (χ3v) is 3.99. The van der Waals surface area contributed by atoms with Gasteiger partial charge in [0.05, 0.1) is 0 Å². The monoisotopic (exact) mass is 245 g/mol. The Morgan fingerprint density at radius 2 is 2.35 bits per heavy atom. The predicted octanol–water partition coefficient (Wildman–Crippen LogP) is 2.99. The average Bonchev–Trinajstić information content (AvgIpc) is 2.96. The highest BCUT2D eigenvalue weighted by molar-refractivity contribution is 7.13. The molecule has 1 aromatic carbocycles. The highest BCUT2D eigenvalue weighted by atomic mass is 32.1. The Morgan fingerprint density at radius 1 is 1.47 bits per heavy atom. The van der Waals surface area contributed by atoms with E-state index in [-0.39, 0.29) is 6.10 Å². The normalized spacial score (nSPS) is 17.9. The van der Waals surface area contributed by atoms with E-state index < -0.39 is 0 Å². The van der Waals surface area contributed by atoms with Gasteiger partial charge in [-0.15, -0.1) is 11.3 Å². The van der Waals surface area contributed by atoms with Gasteiger partial charge < -0.3 is 10.5 Å². The molecule has 2 aromatic rings. The van der Waals surface area contributed by atoms with Crippen molar-refractivity contribution in [1.82, 2.24) is 0 Å². The molecular formula is C14H15NOS. The molecule has 88 valence electrons. The Bertz CT molecular complexity index is 533. The van der Waals surface area contributed by atoms with Crippen LogP contribution in [0.1, 0.15) is 11.1 Å². The second-order valence-electron chi connectivity index (χ2n) is 4.46. The van der Waals surface area contributed by atoms with E-state index in [0.29, 0.717) is 6.54 Å². The highest BCUT2D eigenvalue weighted by Gasteiger charge is 2.25. The van der Waals surface area contributed by atoms with E-state index in [4.69, 9.17) is 10.5 Å². The van der Waals surface area contributed by atoms with E-state index in [1.54, 1.807) is 11.3 Å². The van der Waals surface area contributed by atoms with Gasteiger partial charge in [-0.25, -0.2) is 0 Å². The molecule has 0 bridgehead atoms. The summed E-state index contributed by atoms with van der Waals surface area (Å²) in [5, 5.41) is 2.10. The Kier molecular flexibility index (Phi) is 2.65. The molecule has 1 aromatic heterocycles. The first kappa shape index (κ1) is 10.8. The van der Waals surface area contributed by atoms with E-state index in [1.807, 2.05) is 0 Å². The van der Waals surface area contributed by atoms with Crippen LogP contribution in [0.2, 0.25) is 0 Å². The molecule has 0 aliphatic carbocycles. The molecule has 3 heteroatoms. The quantitative estimate of drug-likeness (QED) is 0.882. The van der Waals surface area contributed by atoms with Gasteiger partial charge >= 0.3 is 0 Å². The predicted molar refractivity (Wildman–Crippen MR) is 71.7 cm³/mol. The maximum Gasteiger partial charge on any atom is 0.131 e. The summed E-state index contributed by atoms with van der Waals surface area (Å²) in [5.41, 5.74) is 9.49. The Balaban J connectivity index is 2.12. The van der Waals surface area contributed by atoms with Gasteiger partial charge in [0, 0.05) is 23.4 Å². The molecule has 0 amide bonds. The summed E-state index contributed by atoms with van der Waals surface area (Å²) in [6.45, 7) is 2.71. The maximum absolute atomic E-state index is 5.95. The lowest BCUT2D eigenvalue weighted by molar-refractivity contribution is 0.242. The first-order chi connectivity index (χ1) is 8.28. The van der Waals surface area contributed by atoms with Gasteiger partial charge in [-0.2, -0.15) is 0 Å². The summed E-state index contributed by atoms with van der Waals surface area (Å²) in [5.74, 6) is 1.04. The molecule has 17 heavy (non-hydrogen) atoms. The van der Waals surface area contributed by atoms with Crippen LogP contribution >= 0.6 is 11.3 Å². The number of fused-ring (bicyclic) bond motifs is 1. The summed E-state index contributed by atoms with van der Waals surface area (Å²) >= 11 is 1.75. The molecule has 2 nitrogen and oxygen atoms in total. The van der Waals surface area contributed by atoms with Crippen molar-refractivity contribution in [3.05, 3.63) is 40.8 Å². The largest absolute Gasteiger partial charge is 0.488 e. The molecule has 2 heterocycles. The molecule has 0 spiro atoms. The Hall–Kier alpha value is -1.32. The molecule has 1 aliphatic rings. The lowest BCUT2D eigenvalue weighted by Gasteiger charge is -2.10. The van der Waals surface area contributed by atoms with Gasteiger partial charge in [0.25, 0.3) is 0 Å². The van der Waals surface area contributed by atoms with Crippen LogP contribution in [0.25, 0.3) is 10.4 Å². The van der Waals surface area contributed by atoms with E-state index >= 15 is 0 Å². The fourth-order valence-corrected chi connectivity index (χ4v) is 3.08. The van der Waals surface area contributed by atoms with Gasteiger partial charge in [0.1, 0.15) is 11.9 Å². The number of hydrogen-bond acceptors (Lipinski definition) is 3. The minimum atomic E-state index is 0.144. The zero-order valence-electron chi connectivity index (χ0n) is 9.77. The van der Waals surface area contributed by atoms with Crippen molar-refractivity contribution < 1.29 is 4.74 Å². The van der Waals surface area contributed by atoms with E-state index in [0.717, 1.165) is 12.2 Å². The number of hydrogen-bond donors (Lipinski definition) is 1. The zero-order valence-corrected chi connectivity index (χ0v) is 10.6. The van der Waals surface area contributed by atoms with Crippen LogP contribution in [0.5, 0.6) is 5.75 Å². The average molecular weight is 245 g/mol. The summed E-state index contributed by atoms with van der Waals surface area (Å²) in [6.07, 6.45) is 1.08. The Morgan fingerprint density at radius 3 is 3.06 bits per heavy atom. The van der Waals surface area contributed by atoms with Gasteiger partial charge in [-0.05, 0) is 35.6 Å². The van der Waals surface area contributed by atoms with E-state index in [1.165, 1.54) is 21.6 Å². The van der Waals surface area contributed by atoms with Gasteiger partial charge in [0.15, 0.2) is 0 Å². The molecule has 0 saturated carbocycles. The molecule has 0 saturated heterocycles. The first-order valence-corrected chi connectivity index (χ1v) is 6.70. The second-order valence-corrected chi connectivity index (χ2v) is 5.41. The molecular weight excluding hydrogens is 230 g/mol. The molecule has 1 aliphatic heterocycles. The lowest BCUT2D eigenvalue weighted by atomic mass is 10.0. The van der Waals surface area contributed by atoms with Crippen molar-refractivity contribution in [3.8, 4) is 16.2 Å². The second kappa shape index (κ2) is 4.17. The summed E-state index contributed by atoms with van der Waals surface area (Å²) in [7, 11) is 0. The lowest BCUT2D eigenvalue weighted by Crippen LogP contribution is -2.24. The first-order valence-electron chi connectivity index (χ1n) is 5.82. The number of rotatable bonds is 2. The minimum absolute atomic E-state index is 0.144. The van der Waals surface area contributed by atoms with Crippen LogP contribution in [-0.2, 0) is 6.42 Å². The topological polar surface area (TPSA) is 35.2 Å². The zero-order chi connectivity index (χ0) is 11.8. The van der Waals surface area contributed by atoms with Crippen LogP contribution in [0, 0.1) is 6.92 Å². The van der Waals surface area contributed by atoms with Crippen LogP contribution < -0.4 is 10.5 Å². The van der Waals surface area contributed by atoms with Crippen molar-refractivity contribution in [1.29, 1.82) is 0 Å². The van der Waals surface area contributed by atoms with Crippen LogP contribution in [-0.4, -0.2) is 12.6 Å². The fraction of sp³-hybridized carbons (Fsp3) is 0.286. The molecule has 0 unspecified atom stereocenters. The van der Waals surface area contributed by atoms with Crippen LogP contribution in [0.3, 0.4) is 0 Å². The number of ether oxygens (including phenoxy) is 1. The standard InChI is InChI=1S/C14H15NOS/c1-9-5-10-7-11(8-15)16-14(10)12(6-9)13-3-2-4-17-13/h2-6,11H,7-8,15H2,1H3/t11-/m0/s1. The van der Waals surface area contributed by atoms with Crippen molar-refractivity contribution in [2.24, 2.45) is 5.73 Å². The minimum Gasteiger partial charge on any atom is -0.488 e. The smallest absolute Gasteiger partial charge is 0.131 e. The third-order valence-electron chi connectivity index (χ3n) is 3.09. The molecule has 2 N–H and O–H groups in total. The van der Waals surface area contributed by atoms with Crippen LogP contribution in [0.15, 0.2) is 29.6 Å². The Labute approximate surface area is 105 Å². The number of thiophene rings is 1. The summed E-state index contributed by atoms with van der Waals surface area (Å²) < 4.78 is 5.95. The molecule has 0 radical (unpaired) electrons. The van der Waals surface area contributed by atoms with E-state index in [2.05, 4.69) is 36.6 Å². The summed E-state index contributed by atoms with van der Waals surface area (Å²) in [4.78, 5) is 1.27. The molecule has 1 atom stereocenters. The SMILES string of the molecule is Cc1cc2c(c(-c3cccs3)c1)O[C@H](CN)C2. The molecule has 3 rings (SSSR count). The number of aryl methyl sites for hydroxylation is 1. The number of benzene rings is 1. The third kappa shape index (κ3) is 1.85. The van der Waals surface area contributed by atoms with Crippen LogP contribution in [0.4, 0.5) is 0 Å². The van der Waals surface area contributed by atoms with Crippen molar-refractivity contribution in [2.75, 3.05) is 6.54 Å². The van der Waals surface area contributed by atoms with Crippen molar-refractivity contribution >= 4 is 11.3 Å². The maximum atomic E-state index is 5.95. The number of nitrogens with two attached hydrogens (primary N) is 1. The molecule has 0 fully saturated rings.